The zero-order valence-corrected chi connectivity index (χ0v) is 14.3. The first-order valence-electron chi connectivity index (χ1n) is 7.57. The van der Waals surface area contributed by atoms with Crippen molar-refractivity contribution in [2.24, 2.45) is 0 Å². The topological polar surface area (TPSA) is 38.3 Å². The number of amides is 1. The molecule has 0 aromatic heterocycles. The minimum Gasteiger partial charge on any atom is -0.478 e. The van der Waals surface area contributed by atoms with Crippen LogP contribution in [0.15, 0.2) is 40.9 Å². The zero-order chi connectivity index (χ0) is 16.4. The van der Waals surface area contributed by atoms with Gasteiger partial charge in [0.1, 0.15) is 0 Å². The number of anilines is 1. The molecular formula is C18H17BrFNO2. The van der Waals surface area contributed by atoms with E-state index in [4.69, 9.17) is 4.74 Å². The van der Waals surface area contributed by atoms with Crippen molar-refractivity contribution in [3.63, 3.8) is 0 Å². The molecule has 0 unspecified atom stereocenters. The van der Waals surface area contributed by atoms with Crippen molar-refractivity contribution in [1.29, 1.82) is 0 Å². The third-order valence-electron chi connectivity index (χ3n) is 3.93. The maximum Gasteiger partial charge on any atom is 0.265 e. The molecule has 1 amide bonds. The molecule has 1 atom stereocenters. The number of halogens is 2. The summed E-state index contributed by atoms with van der Waals surface area (Å²) in [4.78, 5) is 12.2. The highest BCUT2D eigenvalue weighted by atomic mass is 79.9. The first kappa shape index (κ1) is 16.0. The smallest absolute Gasteiger partial charge is 0.265 e. The van der Waals surface area contributed by atoms with E-state index in [0.717, 1.165) is 24.9 Å². The SMILES string of the molecule is C[C@@H](Oc1ccc(Br)cc1F)C(=O)Nc1ccc2c(c1)CCC2. The first-order valence-corrected chi connectivity index (χ1v) is 8.36. The molecule has 0 saturated carbocycles. The number of hydrogen-bond acceptors (Lipinski definition) is 2. The highest BCUT2D eigenvalue weighted by Gasteiger charge is 2.18. The third-order valence-corrected chi connectivity index (χ3v) is 4.43. The summed E-state index contributed by atoms with van der Waals surface area (Å²) >= 11 is 3.19. The molecule has 1 N–H and O–H groups in total. The number of ether oxygens (including phenoxy) is 1. The van der Waals surface area contributed by atoms with E-state index in [1.165, 1.54) is 23.3 Å². The Morgan fingerprint density at radius 3 is 2.78 bits per heavy atom. The standard InChI is InChI=1S/C18H17BrFNO2/c1-11(23-17-8-6-14(19)10-16(17)20)18(22)21-15-7-5-12-3-2-4-13(12)9-15/h5-11H,2-4H2,1H3,(H,21,22)/t11-/m1/s1. The van der Waals surface area contributed by atoms with Crippen molar-refractivity contribution in [2.75, 3.05) is 5.32 Å². The molecule has 5 heteroatoms. The lowest BCUT2D eigenvalue weighted by Gasteiger charge is -2.15. The van der Waals surface area contributed by atoms with Crippen LogP contribution in [-0.4, -0.2) is 12.0 Å². The fourth-order valence-corrected chi connectivity index (χ4v) is 3.04. The average Bonchev–Trinajstić information content (AvgIpc) is 2.97. The summed E-state index contributed by atoms with van der Waals surface area (Å²) in [6.45, 7) is 1.60. The van der Waals surface area contributed by atoms with Crippen molar-refractivity contribution < 1.29 is 13.9 Å². The number of hydrogen-bond donors (Lipinski definition) is 1. The van der Waals surface area contributed by atoms with E-state index in [1.54, 1.807) is 13.0 Å². The van der Waals surface area contributed by atoms with Crippen LogP contribution in [0.4, 0.5) is 10.1 Å². The van der Waals surface area contributed by atoms with Gasteiger partial charge in [-0.3, -0.25) is 4.79 Å². The number of rotatable bonds is 4. The largest absolute Gasteiger partial charge is 0.478 e. The van der Waals surface area contributed by atoms with E-state index in [2.05, 4.69) is 27.3 Å². The lowest BCUT2D eigenvalue weighted by atomic mass is 10.1. The molecule has 1 aliphatic carbocycles. The number of fused-ring (bicyclic) bond motifs is 1. The molecule has 2 aromatic rings. The molecule has 0 spiro atoms. The molecule has 0 saturated heterocycles. The maximum atomic E-state index is 13.8. The molecule has 0 aliphatic heterocycles. The lowest BCUT2D eigenvalue weighted by molar-refractivity contribution is -0.122. The van der Waals surface area contributed by atoms with Gasteiger partial charge in [0.25, 0.3) is 5.91 Å². The highest BCUT2D eigenvalue weighted by molar-refractivity contribution is 9.10. The number of aryl methyl sites for hydroxylation is 2. The number of carbonyl (C=O) groups excluding carboxylic acids is 1. The van der Waals surface area contributed by atoms with Crippen LogP contribution >= 0.6 is 15.9 Å². The van der Waals surface area contributed by atoms with Gasteiger partial charge < -0.3 is 10.1 Å². The van der Waals surface area contributed by atoms with E-state index in [0.29, 0.717) is 4.47 Å². The summed E-state index contributed by atoms with van der Waals surface area (Å²) in [5.41, 5.74) is 3.39. The Morgan fingerprint density at radius 2 is 2.00 bits per heavy atom. The molecule has 3 nitrogen and oxygen atoms in total. The predicted molar refractivity (Wildman–Crippen MR) is 91.3 cm³/mol. The molecule has 120 valence electrons. The number of carbonyl (C=O) groups is 1. The number of nitrogens with one attached hydrogen (secondary N) is 1. The van der Waals surface area contributed by atoms with E-state index in [9.17, 15) is 9.18 Å². The Balaban J connectivity index is 1.65. The van der Waals surface area contributed by atoms with Gasteiger partial charge in [-0.05, 0) is 67.6 Å². The molecule has 1 aliphatic rings. The average molecular weight is 378 g/mol. The molecule has 23 heavy (non-hydrogen) atoms. The summed E-state index contributed by atoms with van der Waals surface area (Å²) in [6, 6.07) is 10.4. The van der Waals surface area contributed by atoms with E-state index >= 15 is 0 Å². The lowest BCUT2D eigenvalue weighted by Crippen LogP contribution is -2.30. The molecule has 2 aromatic carbocycles. The van der Waals surface area contributed by atoms with Crippen molar-refractivity contribution in [3.8, 4) is 5.75 Å². The van der Waals surface area contributed by atoms with Crippen LogP contribution in [0.3, 0.4) is 0 Å². The van der Waals surface area contributed by atoms with Crippen LogP contribution < -0.4 is 10.1 Å². The van der Waals surface area contributed by atoms with Crippen LogP contribution in [0.25, 0.3) is 0 Å². The second-order valence-corrected chi connectivity index (χ2v) is 6.58. The fourth-order valence-electron chi connectivity index (χ4n) is 2.71. The quantitative estimate of drug-likeness (QED) is 0.852. The van der Waals surface area contributed by atoms with Crippen LogP contribution in [0, 0.1) is 5.82 Å². The normalized spacial score (nSPS) is 14.2. The second kappa shape index (κ2) is 6.71. The summed E-state index contributed by atoms with van der Waals surface area (Å²) in [7, 11) is 0. The Kier molecular flexibility index (Phi) is 4.66. The Labute approximate surface area is 143 Å². The van der Waals surface area contributed by atoms with E-state index in [-0.39, 0.29) is 11.7 Å². The van der Waals surface area contributed by atoms with Gasteiger partial charge in [-0.15, -0.1) is 0 Å². The van der Waals surface area contributed by atoms with Gasteiger partial charge >= 0.3 is 0 Å². The maximum absolute atomic E-state index is 13.8. The first-order chi connectivity index (χ1) is 11.0. The summed E-state index contributed by atoms with van der Waals surface area (Å²) < 4.78 is 19.8. The molecule has 3 rings (SSSR count). The molecular weight excluding hydrogens is 361 g/mol. The van der Waals surface area contributed by atoms with E-state index < -0.39 is 11.9 Å². The highest BCUT2D eigenvalue weighted by Crippen LogP contribution is 2.25. The Bertz CT molecular complexity index is 748. The number of benzene rings is 2. The third kappa shape index (κ3) is 3.72. The van der Waals surface area contributed by atoms with Gasteiger partial charge in [0.05, 0.1) is 0 Å². The van der Waals surface area contributed by atoms with Crippen molar-refractivity contribution in [2.45, 2.75) is 32.3 Å². The van der Waals surface area contributed by atoms with Crippen LogP contribution in [0.1, 0.15) is 24.5 Å². The zero-order valence-electron chi connectivity index (χ0n) is 12.7. The second-order valence-electron chi connectivity index (χ2n) is 5.66. The molecule has 0 bridgehead atoms. The van der Waals surface area contributed by atoms with Gasteiger partial charge in [-0.1, -0.05) is 22.0 Å². The summed E-state index contributed by atoms with van der Waals surface area (Å²) in [5.74, 6) is -0.744. The fraction of sp³-hybridized carbons (Fsp3) is 0.278. The van der Waals surface area contributed by atoms with Gasteiger partial charge in [-0.25, -0.2) is 4.39 Å². The molecule has 0 radical (unpaired) electrons. The van der Waals surface area contributed by atoms with Crippen molar-refractivity contribution in [3.05, 3.63) is 57.8 Å². The minimum absolute atomic E-state index is 0.0600. The Hall–Kier alpha value is -1.88. The van der Waals surface area contributed by atoms with Crippen molar-refractivity contribution >= 4 is 27.5 Å². The monoisotopic (exact) mass is 377 g/mol. The molecule has 0 fully saturated rings. The van der Waals surface area contributed by atoms with E-state index in [1.807, 2.05) is 12.1 Å². The van der Waals surface area contributed by atoms with Crippen molar-refractivity contribution in [1.82, 2.24) is 0 Å². The Morgan fingerprint density at radius 1 is 1.22 bits per heavy atom. The van der Waals surface area contributed by atoms with Gasteiger partial charge in [-0.2, -0.15) is 0 Å². The van der Waals surface area contributed by atoms with Crippen LogP contribution in [0.5, 0.6) is 5.75 Å². The van der Waals surface area contributed by atoms with Crippen LogP contribution in [-0.2, 0) is 17.6 Å². The predicted octanol–water partition coefficient (Wildman–Crippen LogP) is 4.48. The molecule has 0 heterocycles. The van der Waals surface area contributed by atoms with Gasteiger partial charge in [0, 0.05) is 10.2 Å². The van der Waals surface area contributed by atoms with Gasteiger partial charge in [0.15, 0.2) is 17.7 Å². The van der Waals surface area contributed by atoms with Gasteiger partial charge in [0.2, 0.25) is 0 Å². The summed E-state index contributed by atoms with van der Waals surface area (Å²) in [5, 5.41) is 2.83. The van der Waals surface area contributed by atoms with Crippen LogP contribution in [0.2, 0.25) is 0 Å². The summed E-state index contributed by atoms with van der Waals surface area (Å²) in [6.07, 6.45) is 2.52. The minimum atomic E-state index is -0.793.